The van der Waals surface area contributed by atoms with Crippen LogP contribution in [-0.4, -0.2) is 30.1 Å². The van der Waals surface area contributed by atoms with E-state index >= 15 is 0 Å². The number of nitriles is 1. The number of rotatable bonds is 14. The summed E-state index contributed by atoms with van der Waals surface area (Å²) in [5.74, 6) is -0.296. The summed E-state index contributed by atoms with van der Waals surface area (Å²) >= 11 is 0. The van der Waals surface area contributed by atoms with Gasteiger partial charge in [0.1, 0.15) is 0 Å². The number of nitrogens with zero attached hydrogens (tertiary/aromatic N) is 1. The third-order valence-corrected chi connectivity index (χ3v) is 7.15. The summed E-state index contributed by atoms with van der Waals surface area (Å²) in [6.07, 6.45) is 7.24. The Labute approximate surface area is 209 Å². The highest BCUT2D eigenvalue weighted by Crippen LogP contribution is 2.32. The monoisotopic (exact) mass is 477 g/mol. The summed E-state index contributed by atoms with van der Waals surface area (Å²) in [6, 6.07) is 19.3. The van der Waals surface area contributed by atoms with Crippen molar-refractivity contribution in [2.75, 3.05) is 7.05 Å². The minimum absolute atomic E-state index is 0.00569. The summed E-state index contributed by atoms with van der Waals surface area (Å²) in [5.41, 5.74) is 0.504. The van der Waals surface area contributed by atoms with E-state index in [1.165, 1.54) is 0 Å². The van der Waals surface area contributed by atoms with Crippen molar-refractivity contribution in [3.05, 3.63) is 71.8 Å². The molecule has 2 aromatic carbocycles. The first-order valence-electron chi connectivity index (χ1n) is 12.5. The molecule has 3 atom stereocenters. The Kier molecular flexibility index (Phi) is 10.9. The molecular formula is C29H39N3O3. The molecule has 0 aliphatic rings. The van der Waals surface area contributed by atoms with E-state index in [2.05, 4.69) is 10.6 Å². The summed E-state index contributed by atoms with van der Waals surface area (Å²) in [5, 5.41) is 24.5. The Balaban J connectivity index is 1.80. The number of hydrogen-bond donors (Lipinski definition) is 3. The molecule has 0 aromatic heterocycles. The third kappa shape index (κ3) is 7.66. The van der Waals surface area contributed by atoms with Crippen LogP contribution in [0.4, 0.5) is 0 Å². The van der Waals surface area contributed by atoms with E-state index in [1.807, 2.05) is 74.5 Å². The molecule has 2 aromatic rings. The molecule has 0 spiro atoms. The molecule has 0 saturated heterocycles. The van der Waals surface area contributed by atoms with E-state index in [9.17, 15) is 14.7 Å². The molecule has 3 unspecified atom stereocenters. The van der Waals surface area contributed by atoms with E-state index in [0.29, 0.717) is 25.7 Å². The van der Waals surface area contributed by atoms with Crippen molar-refractivity contribution in [2.45, 2.75) is 82.1 Å². The number of hydrogen-bond acceptors (Lipinski definition) is 4. The number of amides is 2. The number of nitrogens with one attached hydrogen (secondary N) is 2. The Morgan fingerprint density at radius 2 is 1.26 bits per heavy atom. The Morgan fingerprint density at radius 1 is 0.829 bits per heavy atom. The summed E-state index contributed by atoms with van der Waals surface area (Å²) < 4.78 is 0. The van der Waals surface area contributed by atoms with Gasteiger partial charge >= 0.3 is 0 Å². The fourth-order valence-corrected chi connectivity index (χ4v) is 4.72. The minimum atomic E-state index is -0.788. The fraction of sp³-hybridized carbons (Fsp3) is 0.483. The summed E-state index contributed by atoms with van der Waals surface area (Å²) in [4.78, 5) is 25.2. The largest absolute Gasteiger partial charge is 0.393 e. The Bertz CT molecular complexity index is 974. The number of aliphatic hydroxyl groups excluding tert-OH is 1. The zero-order valence-electron chi connectivity index (χ0n) is 21.2. The van der Waals surface area contributed by atoms with Crippen molar-refractivity contribution in [1.82, 2.24) is 10.6 Å². The molecule has 0 bridgehead atoms. The first kappa shape index (κ1) is 28.1. The Hall–Kier alpha value is -3.17. The molecule has 188 valence electrons. The van der Waals surface area contributed by atoms with Gasteiger partial charge in [-0.25, -0.2) is 0 Å². The second-order valence-electron chi connectivity index (χ2n) is 9.69. The van der Waals surface area contributed by atoms with Crippen molar-refractivity contribution in [3.8, 4) is 6.19 Å². The second-order valence-corrected chi connectivity index (χ2v) is 9.69. The van der Waals surface area contributed by atoms with Crippen LogP contribution in [0.15, 0.2) is 60.7 Å². The molecule has 0 saturated carbocycles. The smallest absolute Gasteiger partial charge is 0.243 e. The van der Waals surface area contributed by atoms with Gasteiger partial charge in [0.15, 0.2) is 6.19 Å². The van der Waals surface area contributed by atoms with Gasteiger partial charge in [0, 0.05) is 7.05 Å². The van der Waals surface area contributed by atoms with Gasteiger partial charge in [-0.3, -0.25) is 14.9 Å². The van der Waals surface area contributed by atoms with Gasteiger partial charge in [-0.2, -0.15) is 5.26 Å². The minimum Gasteiger partial charge on any atom is -0.393 e. The van der Waals surface area contributed by atoms with Crippen molar-refractivity contribution in [2.24, 2.45) is 0 Å². The van der Waals surface area contributed by atoms with Crippen LogP contribution in [-0.2, 0) is 20.4 Å². The highest BCUT2D eigenvalue weighted by molar-refractivity contribution is 5.89. The lowest BCUT2D eigenvalue weighted by atomic mass is 9.77. The van der Waals surface area contributed by atoms with Gasteiger partial charge in [-0.1, -0.05) is 86.3 Å². The normalized spacial score (nSPS) is 15.2. The number of unbranched alkanes of at least 4 members (excludes halogenated alkanes) is 2. The van der Waals surface area contributed by atoms with Crippen LogP contribution in [0, 0.1) is 11.5 Å². The van der Waals surface area contributed by atoms with Gasteiger partial charge in [0.25, 0.3) is 0 Å². The predicted molar refractivity (Wildman–Crippen MR) is 138 cm³/mol. The van der Waals surface area contributed by atoms with Gasteiger partial charge < -0.3 is 10.4 Å². The molecule has 0 radical (unpaired) electrons. The standard InChI is InChI=1S/C29H39N3O3/c1-28(26(34)31-3,23-14-6-4-7-15-23)20-12-10-18-25(33)19-11-13-21-29(2,27(35)32-22-30)24-16-8-5-9-17-24/h4-9,14-17,25,33H,10-13,18-21H2,1-3H3,(H,31,34)(H,32,35). The summed E-state index contributed by atoms with van der Waals surface area (Å²) in [7, 11) is 1.67. The quantitative estimate of drug-likeness (QED) is 0.208. The topological polar surface area (TPSA) is 102 Å². The molecule has 0 aliphatic heterocycles. The lowest BCUT2D eigenvalue weighted by Crippen LogP contribution is -2.40. The van der Waals surface area contributed by atoms with Crippen molar-refractivity contribution in [3.63, 3.8) is 0 Å². The van der Waals surface area contributed by atoms with Crippen LogP contribution < -0.4 is 10.6 Å². The molecular weight excluding hydrogens is 438 g/mol. The number of carbonyl (C=O) groups excluding carboxylic acids is 2. The maximum absolute atomic E-state index is 12.6. The molecule has 0 fully saturated rings. The van der Waals surface area contributed by atoms with Crippen LogP contribution >= 0.6 is 0 Å². The van der Waals surface area contributed by atoms with Gasteiger partial charge in [-0.05, 0) is 50.7 Å². The second kappa shape index (κ2) is 13.7. The highest BCUT2D eigenvalue weighted by Gasteiger charge is 2.35. The van der Waals surface area contributed by atoms with E-state index in [0.717, 1.165) is 36.8 Å². The van der Waals surface area contributed by atoms with Crippen LogP contribution in [0.2, 0.25) is 0 Å². The van der Waals surface area contributed by atoms with Crippen LogP contribution in [0.1, 0.15) is 76.3 Å². The fourth-order valence-electron chi connectivity index (χ4n) is 4.72. The Morgan fingerprint density at radius 3 is 1.66 bits per heavy atom. The van der Waals surface area contributed by atoms with E-state index < -0.39 is 16.9 Å². The SMILES string of the molecule is CNC(=O)C(C)(CCCCC(O)CCCCC(C)(C(=O)NC#N)c1ccccc1)c1ccccc1. The first-order chi connectivity index (χ1) is 16.8. The molecule has 0 aliphatic carbocycles. The van der Waals surface area contributed by atoms with E-state index in [4.69, 9.17) is 5.26 Å². The van der Waals surface area contributed by atoms with Gasteiger partial charge in [0.05, 0.1) is 16.9 Å². The molecule has 0 heterocycles. The first-order valence-corrected chi connectivity index (χ1v) is 12.5. The number of likely N-dealkylation sites (N-methyl/N-ethyl adjacent to an activating group) is 1. The highest BCUT2D eigenvalue weighted by atomic mass is 16.3. The van der Waals surface area contributed by atoms with E-state index in [-0.39, 0.29) is 11.8 Å². The zero-order chi connectivity index (χ0) is 25.7. The molecule has 2 amide bonds. The van der Waals surface area contributed by atoms with Crippen LogP contribution in [0.25, 0.3) is 0 Å². The maximum atomic E-state index is 12.6. The third-order valence-electron chi connectivity index (χ3n) is 7.15. The van der Waals surface area contributed by atoms with Gasteiger partial charge in [-0.15, -0.1) is 0 Å². The number of benzene rings is 2. The average molecular weight is 478 g/mol. The predicted octanol–water partition coefficient (Wildman–Crippen LogP) is 4.73. The van der Waals surface area contributed by atoms with Crippen molar-refractivity contribution in [1.29, 1.82) is 5.26 Å². The van der Waals surface area contributed by atoms with Gasteiger partial charge in [0.2, 0.25) is 11.8 Å². The maximum Gasteiger partial charge on any atom is 0.243 e. The van der Waals surface area contributed by atoms with Crippen LogP contribution in [0.5, 0.6) is 0 Å². The molecule has 6 nitrogen and oxygen atoms in total. The summed E-state index contributed by atoms with van der Waals surface area (Å²) in [6.45, 7) is 3.84. The molecule has 3 N–H and O–H groups in total. The number of carbonyl (C=O) groups is 2. The lowest BCUT2D eigenvalue weighted by Gasteiger charge is -2.28. The van der Waals surface area contributed by atoms with Crippen molar-refractivity contribution >= 4 is 11.8 Å². The average Bonchev–Trinajstić information content (AvgIpc) is 2.89. The van der Waals surface area contributed by atoms with E-state index in [1.54, 1.807) is 13.2 Å². The van der Waals surface area contributed by atoms with Crippen molar-refractivity contribution < 1.29 is 14.7 Å². The van der Waals surface area contributed by atoms with Crippen LogP contribution in [0.3, 0.4) is 0 Å². The lowest BCUT2D eigenvalue weighted by molar-refractivity contribution is -0.126. The molecule has 35 heavy (non-hydrogen) atoms. The zero-order valence-corrected chi connectivity index (χ0v) is 21.2. The molecule has 2 rings (SSSR count). The molecule has 6 heteroatoms. The number of aliphatic hydroxyl groups is 1.